The molecule has 0 bridgehead atoms. The fourth-order valence-electron chi connectivity index (χ4n) is 1.35. The first kappa shape index (κ1) is 11.0. The maximum atomic E-state index is 5.80. The molecule has 0 amide bonds. The van der Waals surface area contributed by atoms with Gasteiger partial charge < -0.3 is 4.74 Å². The Bertz CT molecular complexity index is 422. The normalized spacial score (nSPS) is 10.1. The minimum absolute atomic E-state index is 0.561. The van der Waals surface area contributed by atoms with Gasteiger partial charge in [0, 0.05) is 11.4 Å². The molecule has 0 saturated carbocycles. The van der Waals surface area contributed by atoms with E-state index in [0.29, 0.717) is 6.61 Å². The molecule has 0 aromatic heterocycles. The van der Waals surface area contributed by atoms with Gasteiger partial charge in [-0.3, -0.25) is 0 Å². The van der Waals surface area contributed by atoms with E-state index in [1.807, 2.05) is 61.0 Å². The fourth-order valence-corrected chi connectivity index (χ4v) is 1.48. The van der Waals surface area contributed by atoms with Crippen molar-refractivity contribution in [2.75, 3.05) is 6.61 Å². The van der Waals surface area contributed by atoms with Crippen molar-refractivity contribution in [3.05, 3.63) is 71.6 Å². The largest absolute Gasteiger partial charge is 0.493 e. The van der Waals surface area contributed by atoms with Crippen molar-refractivity contribution in [2.45, 2.75) is 0 Å². The number of para-hydroxylation sites is 1. The number of hydrogen-bond acceptors (Lipinski definition) is 1. The van der Waals surface area contributed by atoms with Crippen LogP contribution in [0.5, 0.6) is 5.75 Å². The zero-order valence-corrected chi connectivity index (χ0v) is 9.52. The quantitative estimate of drug-likeness (QED) is 0.774. The Morgan fingerprint density at radius 1 is 0.938 bits per heavy atom. The summed E-state index contributed by atoms with van der Waals surface area (Å²) in [6, 6.07) is 17.4. The van der Waals surface area contributed by atoms with E-state index in [0.717, 1.165) is 16.3 Å². The summed E-state index contributed by atoms with van der Waals surface area (Å²) < 4.78 is 5.55. The molecule has 0 fully saturated rings. The molecule has 81 valence electrons. The fraction of sp³-hybridized carbons (Fsp3) is 0.0714. The van der Waals surface area contributed by atoms with Crippen molar-refractivity contribution < 1.29 is 4.74 Å². The molecule has 0 atom stereocenters. The van der Waals surface area contributed by atoms with E-state index in [-0.39, 0.29) is 0 Å². The standard InChI is InChI=1S/C14H12ClO/c15-13-8-6-12(7-9-13)10-11-16-14-4-2-1-3-5-14/h1-10H,11H2. The van der Waals surface area contributed by atoms with Gasteiger partial charge in [-0.25, -0.2) is 0 Å². The molecule has 16 heavy (non-hydrogen) atoms. The average Bonchev–Trinajstić information content (AvgIpc) is 2.33. The molecule has 2 rings (SSSR count). The van der Waals surface area contributed by atoms with E-state index in [2.05, 4.69) is 0 Å². The molecular weight excluding hydrogens is 220 g/mol. The molecule has 0 heterocycles. The predicted octanol–water partition coefficient (Wildman–Crippen LogP) is 3.97. The average molecular weight is 232 g/mol. The van der Waals surface area contributed by atoms with Crippen LogP contribution in [0.1, 0.15) is 5.56 Å². The van der Waals surface area contributed by atoms with Crippen molar-refractivity contribution in [3.8, 4) is 5.75 Å². The van der Waals surface area contributed by atoms with Gasteiger partial charge in [0.25, 0.3) is 0 Å². The van der Waals surface area contributed by atoms with Crippen LogP contribution < -0.4 is 4.74 Å². The van der Waals surface area contributed by atoms with Crippen LogP contribution in [0.25, 0.3) is 0 Å². The third-order valence-electron chi connectivity index (χ3n) is 2.18. The summed E-state index contributed by atoms with van der Waals surface area (Å²) in [5, 5.41) is 0.751. The van der Waals surface area contributed by atoms with Crippen LogP contribution in [-0.4, -0.2) is 6.61 Å². The highest BCUT2D eigenvalue weighted by Gasteiger charge is 1.95. The first-order valence-electron chi connectivity index (χ1n) is 5.11. The van der Waals surface area contributed by atoms with Gasteiger partial charge in [-0.15, -0.1) is 0 Å². The summed E-state index contributed by atoms with van der Waals surface area (Å²) in [5.41, 5.74) is 1.11. The molecule has 1 radical (unpaired) electrons. The highest BCUT2D eigenvalue weighted by molar-refractivity contribution is 6.30. The second-order valence-corrected chi connectivity index (χ2v) is 3.82. The second-order valence-electron chi connectivity index (χ2n) is 3.38. The predicted molar refractivity (Wildman–Crippen MR) is 66.8 cm³/mol. The van der Waals surface area contributed by atoms with Crippen LogP contribution in [0.3, 0.4) is 0 Å². The van der Waals surface area contributed by atoms with Crippen LogP contribution in [0.2, 0.25) is 5.02 Å². The summed E-state index contributed by atoms with van der Waals surface area (Å²) >= 11 is 5.80. The van der Waals surface area contributed by atoms with E-state index in [9.17, 15) is 0 Å². The highest BCUT2D eigenvalue weighted by atomic mass is 35.5. The number of hydrogen-bond donors (Lipinski definition) is 0. The van der Waals surface area contributed by atoms with Crippen LogP contribution in [0, 0.1) is 6.42 Å². The van der Waals surface area contributed by atoms with Gasteiger partial charge >= 0.3 is 0 Å². The van der Waals surface area contributed by atoms with E-state index in [1.54, 1.807) is 0 Å². The second kappa shape index (κ2) is 5.57. The Balaban J connectivity index is 1.82. The van der Waals surface area contributed by atoms with E-state index >= 15 is 0 Å². The van der Waals surface area contributed by atoms with Crippen LogP contribution in [0.15, 0.2) is 54.6 Å². The monoisotopic (exact) mass is 231 g/mol. The maximum Gasteiger partial charge on any atom is 0.119 e. The molecule has 2 aromatic carbocycles. The summed E-state index contributed by atoms with van der Waals surface area (Å²) in [7, 11) is 0. The SMILES string of the molecule is Clc1ccc([CH]COc2ccccc2)cc1. The van der Waals surface area contributed by atoms with Crippen molar-refractivity contribution in [3.63, 3.8) is 0 Å². The molecule has 0 spiro atoms. The molecule has 0 unspecified atom stereocenters. The van der Waals surface area contributed by atoms with Gasteiger partial charge in [0.2, 0.25) is 0 Å². The number of rotatable bonds is 4. The maximum absolute atomic E-state index is 5.80. The molecule has 2 heteroatoms. The first-order chi connectivity index (χ1) is 7.84. The van der Waals surface area contributed by atoms with Crippen LogP contribution in [0.4, 0.5) is 0 Å². The topological polar surface area (TPSA) is 9.23 Å². The summed E-state index contributed by atoms with van der Waals surface area (Å²) in [5.74, 6) is 0.882. The lowest BCUT2D eigenvalue weighted by Crippen LogP contribution is -1.98. The molecule has 0 N–H and O–H groups in total. The summed E-state index contributed by atoms with van der Waals surface area (Å²) in [6.07, 6.45) is 2.02. The highest BCUT2D eigenvalue weighted by Crippen LogP contribution is 2.12. The van der Waals surface area contributed by atoms with Crippen molar-refractivity contribution in [1.29, 1.82) is 0 Å². The Labute approximate surface area is 101 Å². The van der Waals surface area contributed by atoms with Crippen molar-refractivity contribution in [2.24, 2.45) is 0 Å². The van der Waals surface area contributed by atoms with Gasteiger partial charge in [-0.05, 0) is 29.8 Å². The van der Waals surface area contributed by atoms with Crippen LogP contribution in [-0.2, 0) is 0 Å². The zero-order valence-electron chi connectivity index (χ0n) is 8.77. The Morgan fingerprint density at radius 3 is 2.31 bits per heavy atom. The smallest absolute Gasteiger partial charge is 0.119 e. The molecule has 1 nitrogen and oxygen atoms in total. The van der Waals surface area contributed by atoms with Gasteiger partial charge in [0.1, 0.15) is 5.75 Å². The molecule has 2 aromatic rings. The lowest BCUT2D eigenvalue weighted by atomic mass is 10.2. The third kappa shape index (κ3) is 3.28. The van der Waals surface area contributed by atoms with Gasteiger partial charge in [0.05, 0.1) is 6.61 Å². The lowest BCUT2D eigenvalue weighted by Gasteiger charge is -2.05. The molecule has 0 saturated heterocycles. The Kier molecular flexibility index (Phi) is 3.84. The molecular formula is C14H12ClO. The van der Waals surface area contributed by atoms with E-state index in [1.165, 1.54) is 0 Å². The minimum atomic E-state index is 0.561. The van der Waals surface area contributed by atoms with Gasteiger partial charge in [-0.2, -0.15) is 0 Å². The number of benzene rings is 2. The number of halogens is 1. The number of ether oxygens (including phenoxy) is 1. The van der Waals surface area contributed by atoms with Crippen molar-refractivity contribution in [1.82, 2.24) is 0 Å². The van der Waals surface area contributed by atoms with Crippen LogP contribution >= 0.6 is 11.6 Å². The molecule has 0 aliphatic carbocycles. The van der Waals surface area contributed by atoms with Gasteiger partial charge in [-0.1, -0.05) is 41.9 Å². The van der Waals surface area contributed by atoms with Crippen molar-refractivity contribution >= 4 is 11.6 Å². The van der Waals surface area contributed by atoms with E-state index < -0.39 is 0 Å². The molecule has 0 aliphatic heterocycles. The molecule has 0 aliphatic rings. The van der Waals surface area contributed by atoms with E-state index in [4.69, 9.17) is 16.3 Å². The minimum Gasteiger partial charge on any atom is -0.493 e. The summed E-state index contributed by atoms with van der Waals surface area (Å²) in [6.45, 7) is 0.561. The summed E-state index contributed by atoms with van der Waals surface area (Å²) in [4.78, 5) is 0. The zero-order chi connectivity index (χ0) is 11.2. The van der Waals surface area contributed by atoms with Gasteiger partial charge in [0.15, 0.2) is 0 Å². The first-order valence-corrected chi connectivity index (χ1v) is 5.49. The third-order valence-corrected chi connectivity index (χ3v) is 2.43. The lowest BCUT2D eigenvalue weighted by molar-refractivity contribution is 0.352. The Morgan fingerprint density at radius 2 is 1.62 bits per heavy atom. The Hall–Kier alpha value is -1.47.